The summed E-state index contributed by atoms with van der Waals surface area (Å²) in [6, 6.07) is 9.11. The molecule has 1 atom stereocenters. The number of carbonyl (C=O) groups is 2. The fourth-order valence-electron chi connectivity index (χ4n) is 3.12. The topological polar surface area (TPSA) is 60.9 Å². The first-order chi connectivity index (χ1) is 11.7. The first kappa shape index (κ1) is 19.2. The molecule has 5 nitrogen and oxygen atoms in total. The Morgan fingerprint density at radius 1 is 1.28 bits per heavy atom. The van der Waals surface area contributed by atoms with Crippen LogP contribution in [0.4, 0.5) is 13.2 Å². The number of likely N-dealkylation sites (tertiary alicyclic amines) is 1. The van der Waals surface area contributed by atoms with E-state index in [1.165, 1.54) is 7.05 Å². The number of aliphatic carboxylic acids is 1. The summed E-state index contributed by atoms with van der Waals surface area (Å²) in [5.74, 6) is -2.21. The molecule has 0 saturated carbocycles. The summed E-state index contributed by atoms with van der Waals surface area (Å²) < 4.78 is 41.2. The number of amides is 1. The van der Waals surface area contributed by atoms with Crippen LogP contribution in [0.25, 0.3) is 0 Å². The highest BCUT2D eigenvalue weighted by molar-refractivity contribution is 5.84. The lowest BCUT2D eigenvalue weighted by Crippen LogP contribution is -2.53. The monoisotopic (exact) mass is 358 g/mol. The van der Waals surface area contributed by atoms with Crippen molar-refractivity contribution in [2.24, 2.45) is 5.41 Å². The highest BCUT2D eigenvalue weighted by Gasteiger charge is 2.63. The van der Waals surface area contributed by atoms with Gasteiger partial charge in [-0.25, -0.2) is 0 Å². The van der Waals surface area contributed by atoms with Gasteiger partial charge in [-0.3, -0.25) is 14.5 Å². The van der Waals surface area contributed by atoms with E-state index >= 15 is 0 Å². The fraction of sp³-hybridized carbons (Fsp3) is 0.529. The molecule has 0 radical (unpaired) electrons. The van der Waals surface area contributed by atoms with Crippen LogP contribution < -0.4 is 0 Å². The van der Waals surface area contributed by atoms with E-state index in [1.54, 1.807) is 4.90 Å². The minimum atomic E-state index is -4.69. The summed E-state index contributed by atoms with van der Waals surface area (Å²) in [6.45, 7) is -0.163. The molecule has 0 aliphatic carbocycles. The third kappa shape index (κ3) is 4.31. The second-order valence-corrected chi connectivity index (χ2v) is 6.40. The van der Waals surface area contributed by atoms with Crippen molar-refractivity contribution in [2.75, 3.05) is 26.7 Å². The van der Waals surface area contributed by atoms with Crippen molar-refractivity contribution in [3.05, 3.63) is 35.9 Å². The minimum absolute atomic E-state index is 0.160. The summed E-state index contributed by atoms with van der Waals surface area (Å²) in [7, 11) is 1.22. The number of carboxylic acids is 1. The lowest BCUT2D eigenvalue weighted by atomic mass is 9.84. The van der Waals surface area contributed by atoms with Gasteiger partial charge in [0.2, 0.25) is 5.91 Å². The molecular formula is C17H21F3N2O3. The van der Waals surface area contributed by atoms with Gasteiger partial charge in [0.15, 0.2) is 5.41 Å². The Bertz CT molecular complexity index is 621. The van der Waals surface area contributed by atoms with E-state index < -0.39 is 30.0 Å². The van der Waals surface area contributed by atoms with E-state index in [4.69, 9.17) is 5.11 Å². The number of rotatable bonds is 6. The van der Waals surface area contributed by atoms with Gasteiger partial charge in [-0.05, 0) is 18.5 Å². The van der Waals surface area contributed by atoms with Crippen molar-refractivity contribution < 1.29 is 27.9 Å². The molecule has 0 spiro atoms. The van der Waals surface area contributed by atoms with Crippen LogP contribution >= 0.6 is 0 Å². The normalized spacial score (nSPS) is 21.3. The molecule has 1 aromatic rings. The second kappa shape index (κ2) is 7.43. The Hall–Kier alpha value is -2.09. The van der Waals surface area contributed by atoms with E-state index in [2.05, 4.69) is 0 Å². The molecule has 1 aromatic carbocycles. The zero-order valence-electron chi connectivity index (χ0n) is 13.9. The standard InChI is InChI=1S/C17H21F3N2O3/c1-21(9-7-14(23)24)15(25)16(17(18,19)20)8-10-22(12-16)11-13-5-3-2-4-6-13/h2-6H,7-12H2,1H3,(H,23,24). The number of alkyl halides is 3. The van der Waals surface area contributed by atoms with Crippen molar-refractivity contribution in [1.29, 1.82) is 0 Å². The number of hydrogen-bond donors (Lipinski definition) is 1. The average Bonchev–Trinajstić information content (AvgIpc) is 2.97. The van der Waals surface area contributed by atoms with Gasteiger partial charge in [0, 0.05) is 26.7 Å². The number of carboxylic acid groups (broad SMARTS) is 1. The third-order valence-electron chi connectivity index (χ3n) is 4.56. The van der Waals surface area contributed by atoms with Crippen LogP contribution in [0.2, 0.25) is 0 Å². The van der Waals surface area contributed by atoms with E-state index in [0.717, 1.165) is 10.5 Å². The molecule has 1 unspecified atom stereocenters. The molecule has 25 heavy (non-hydrogen) atoms. The molecule has 1 N–H and O–H groups in total. The zero-order valence-corrected chi connectivity index (χ0v) is 13.9. The zero-order chi connectivity index (χ0) is 18.7. The Kier molecular flexibility index (Phi) is 5.72. The largest absolute Gasteiger partial charge is 0.481 e. The fourth-order valence-corrected chi connectivity index (χ4v) is 3.12. The summed E-state index contributed by atoms with van der Waals surface area (Å²) in [4.78, 5) is 25.6. The quantitative estimate of drug-likeness (QED) is 0.848. The summed E-state index contributed by atoms with van der Waals surface area (Å²) in [5, 5.41) is 8.67. The Morgan fingerprint density at radius 2 is 1.92 bits per heavy atom. The smallest absolute Gasteiger partial charge is 0.404 e. The van der Waals surface area contributed by atoms with E-state index in [9.17, 15) is 22.8 Å². The lowest BCUT2D eigenvalue weighted by Gasteiger charge is -2.34. The van der Waals surface area contributed by atoms with Gasteiger partial charge >= 0.3 is 12.1 Å². The first-order valence-electron chi connectivity index (χ1n) is 7.96. The highest BCUT2D eigenvalue weighted by atomic mass is 19.4. The lowest BCUT2D eigenvalue weighted by molar-refractivity contribution is -0.223. The van der Waals surface area contributed by atoms with Crippen LogP contribution in [0, 0.1) is 5.41 Å². The summed E-state index contributed by atoms with van der Waals surface area (Å²) in [6.07, 6.45) is -5.39. The predicted molar refractivity (Wildman–Crippen MR) is 84.7 cm³/mol. The number of halogens is 3. The number of nitrogens with zero attached hydrogens (tertiary/aromatic N) is 2. The van der Waals surface area contributed by atoms with Crippen molar-refractivity contribution in [2.45, 2.75) is 25.6 Å². The molecule has 1 saturated heterocycles. The molecule has 1 amide bonds. The van der Waals surface area contributed by atoms with Crippen molar-refractivity contribution in [3.8, 4) is 0 Å². The maximum Gasteiger partial charge on any atom is 0.404 e. The van der Waals surface area contributed by atoms with Gasteiger partial charge in [-0.2, -0.15) is 13.2 Å². The molecule has 1 fully saturated rings. The van der Waals surface area contributed by atoms with Crippen LogP contribution in [0.1, 0.15) is 18.4 Å². The Labute approximate surface area is 144 Å². The number of benzene rings is 1. The van der Waals surface area contributed by atoms with Gasteiger partial charge in [0.05, 0.1) is 6.42 Å². The van der Waals surface area contributed by atoms with Crippen LogP contribution in [-0.4, -0.2) is 59.6 Å². The van der Waals surface area contributed by atoms with Crippen LogP contribution in [0.15, 0.2) is 30.3 Å². The molecule has 8 heteroatoms. The molecule has 138 valence electrons. The summed E-state index contributed by atoms with van der Waals surface area (Å²) in [5.41, 5.74) is -1.60. The van der Waals surface area contributed by atoms with Gasteiger partial charge < -0.3 is 10.0 Å². The van der Waals surface area contributed by atoms with Crippen LogP contribution in [0.3, 0.4) is 0 Å². The van der Waals surface area contributed by atoms with Gasteiger partial charge in [-0.1, -0.05) is 30.3 Å². The van der Waals surface area contributed by atoms with Gasteiger partial charge in [0.25, 0.3) is 0 Å². The average molecular weight is 358 g/mol. The third-order valence-corrected chi connectivity index (χ3v) is 4.56. The van der Waals surface area contributed by atoms with E-state index in [1.807, 2.05) is 30.3 Å². The second-order valence-electron chi connectivity index (χ2n) is 6.40. The molecule has 1 aliphatic rings. The van der Waals surface area contributed by atoms with Crippen molar-refractivity contribution in [1.82, 2.24) is 9.80 Å². The Morgan fingerprint density at radius 3 is 2.48 bits per heavy atom. The minimum Gasteiger partial charge on any atom is -0.481 e. The number of carbonyl (C=O) groups excluding carboxylic acids is 1. The maximum absolute atomic E-state index is 13.7. The molecule has 1 aliphatic heterocycles. The van der Waals surface area contributed by atoms with Crippen molar-refractivity contribution >= 4 is 11.9 Å². The van der Waals surface area contributed by atoms with Gasteiger partial charge in [-0.15, -0.1) is 0 Å². The predicted octanol–water partition coefficient (Wildman–Crippen LogP) is 2.37. The molecule has 2 rings (SSSR count). The molecule has 1 heterocycles. The van der Waals surface area contributed by atoms with Crippen LogP contribution in [-0.2, 0) is 16.1 Å². The molecule has 0 bridgehead atoms. The maximum atomic E-state index is 13.7. The summed E-state index contributed by atoms with van der Waals surface area (Å²) >= 11 is 0. The Balaban J connectivity index is 2.14. The van der Waals surface area contributed by atoms with E-state index in [0.29, 0.717) is 6.54 Å². The van der Waals surface area contributed by atoms with Gasteiger partial charge in [0.1, 0.15) is 0 Å². The SMILES string of the molecule is CN(CCC(=O)O)C(=O)C1(C(F)(F)F)CCN(Cc2ccccc2)C1. The molecular weight excluding hydrogens is 337 g/mol. The number of hydrogen-bond acceptors (Lipinski definition) is 3. The highest BCUT2D eigenvalue weighted by Crippen LogP contribution is 2.47. The first-order valence-corrected chi connectivity index (χ1v) is 7.96. The van der Waals surface area contributed by atoms with E-state index in [-0.39, 0.29) is 25.9 Å². The van der Waals surface area contributed by atoms with Crippen molar-refractivity contribution in [3.63, 3.8) is 0 Å². The van der Waals surface area contributed by atoms with Crippen LogP contribution in [0.5, 0.6) is 0 Å². The molecule has 0 aromatic heterocycles.